The maximum atomic E-state index is 13.0. The molecule has 120 valence electrons. The molecule has 1 amide bonds. The summed E-state index contributed by atoms with van der Waals surface area (Å²) in [5.74, 6) is 0.222. The molecule has 2 aliphatic heterocycles. The monoisotopic (exact) mass is 301 g/mol. The second-order valence-electron chi connectivity index (χ2n) is 6.50. The van der Waals surface area contributed by atoms with E-state index in [1.807, 2.05) is 18.2 Å². The fraction of sp³-hybridized carbons (Fsp3) is 0.611. The van der Waals surface area contributed by atoms with E-state index in [1.54, 1.807) is 0 Å². The number of carbonyl (C=O) groups excluding carboxylic acids is 1. The normalized spacial score (nSPS) is 22.2. The number of benzene rings is 1. The van der Waals surface area contributed by atoms with Crippen LogP contribution in [-0.4, -0.2) is 42.5 Å². The minimum absolute atomic E-state index is 0.222. The number of rotatable bonds is 4. The Morgan fingerprint density at radius 1 is 1.09 bits per heavy atom. The van der Waals surface area contributed by atoms with Gasteiger partial charge >= 0.3 is 0 Å². The summed E-state index contributed by atoms with van der Waals surface area (Å²) in [5, 5.41) is 6.60. The summed E-state index contributed by atoms with van der Waals surface area (Å²) in [5.41, 5.74) is 0.874. The summed E-state index contributed by atoms with van der Waals surface area (Å²) in [6.07, 6.45) is 5.60. The van der Waals surface area contributed by atoms with Gasteiger partial charge in [-0.1, -0.05) is 36.8 Å². The van der Waals surface area contributed by atoms with Crippen LogP contribution in [-0.2, 0) is 11.3 Å². The van der Waals surface area contributed by atoms with Crippen LogP contribution in [0.4, 0.5) is 0 Å². The number of likely N-dealkylation sites (tertiary alicyclic amines) is 1. The molecule has 0 aliphatic carbocycles. The first-order valence-corrected chi connectivity index (χ1v) is 8.59. The van der Waals surface area contributed by atoms with Crippen molar-refractivity contribution in [3.8, 4) is 0 Å². The Hall–Kier alpha value is -1.39. The first-order valence-electron chi connectivity index (χ1n) is 8.59. The fourth-order valence-corrected chi connectivity index (χ4v) is 3.79. The molecule has 1 aromatic carbocycles. The molecular weight excluding hydrogens is 274 g/mol. The van der Waals surface area contributed by atoms with Crippen molar-refractivity contribution in [3.63, 3.8) is 0 Å². The molecule has 0 spiro atoms. The summed E-state index contributed by atoms with van der Waals surface area (Å²) in [7, 11) is 0. The van der Waals surface area contributed by atoms with Crippen LogP contribution in [0.5, 0.6) is 0 Å². The van der Waals surface area contributed by atoms with Crippen molar-refractivity contribution in [3.05, 3.63) is 35.9 Å². The van der Waals surface area contributed by atoms with Crippen LogP contribution in [0.15, 0.2) is 30.3 Å². The molecule has 3 rings (SSSR count). The first kappa shape index (κ1) is 15.5. The molecular formula is C18H27N3O. The standard InChI is InChI=1S/C18H27N3O/c22-17(20-15-16-7-3-1-4-8-16)18(9-11-19-12-10-18)21-13-5-2-6-14-21/h1,3-4,7-8,19H,2,5-6,9-15H2,(H,20,22). The topological polar surface area (TPSA) is 44.4 Å². The van der Waals surface area contributed by atoms with E-state index in [-0.39, 0.29) is 11.4 Å². The Morgan fingerprint density at radius 2 is 1.77 bits per heavy atom. The maximum absolute atomic E-state index is 13.0. The predicted molar refractivity (Wildman–Crippen MR) is 88.5 cm³/mol. The Kier molecular flexibility index (Phi) is 5.11. The molecule has 0 aromatic heterocycles. The minimum Gasteiger partial charge on any atom is -0.350 e. The average molecular weight is 301 g/mol. The highest BCUT2D eigenvalue weighted by molar-refractivity contribution is 5.86. The molecule has 4 heteroatoms. The van der Waals surface area contributed by atoms with Gasteiger partial charge in [-0.2, -0.15) is 0 Å². The Labute approximate surface area is 133 Å². The van der Waals surface area contributed by atoms with Gasteiger partial charge in [0.15, 0.2) is 0 Å². The number of hydrogen-bond donors (Lipinski definition) is 2. The number of nitrogens with zero attached hydrogens (tertiary/aromatic N) is 1. The number of amides is 1. The zero-order chi connectivity index (χ0) is 15.3. The zero-order valence-corrected chi connectivity index (χ0v) is 13.3. The summed E-state index contributed by atoms with van der Waals surface area (Å²) in [6.45, 7) is 4.64. The summed E-state index contributed by atoms with van der Waals surface area (Å²) < 4.78 is 0. The quantitative estimate of drug-likeness (QED) is 0.893. The molecule has 4 nitrogen and oxygen atoms in total. The number of piperidine rings is 2. The fourth-order valence-electron chi connectivity index (χ4n) is 3.79. The van der Waals surface area contributed by atoms with E-state index >= 15 is 0 Å². The van der Waals surface area contributed by atoms with Crippen LogP contribution < -0.4 is 10.6 Å². The van der Waals surface area contributed by atoms with Crippen LogP contribution >= 0.6 is 0 Å². The van der Waals surface area contributed by atoms with Gasteiger partial charge in [-0.05, 0) is 57.4 Å². The second kappa shape index (κ2) is 7.25. The highest BCUT2D eigenvalue weighted by atomic mass is 16.2. The van der Waals surface area contributed by atoms with Crippen LogP contribution in [0.25, 0.3) is 0 Å². The highest BCUT2D eigenvalue weighted by Crippen LogP contribution is 2.29. The van der Waals surface area contributed by atoms with Crippen LogP contribution in [0.2, 0.25) is 0 Å². The van der Waals surface area contributed by atoms with Gasteiger partial charge in [0.1, 0.15) is 5.54 Å². The van der Waals surface area contributed by atoms with E-state index in [4.69, 9.17) is 0 Å². The number of nitrogens with one attached hydrogen (secondary N) is 2. The summed E-state index contributed by atoms with van der Waals surface area (Å²) in [6, 6.07) is 10.2. The van der Waals surface area contributed by atoms with E-state index < -0.39 is 0 Å². The molecule has 0 saturated carbocycles. The Morgan fingerprint density at radius 3 is 2.45 bits per heavy atom. The Bertz CT molecular complexity index is 476. The Balaban J connectivity index is 1.69. The molecule has 2 saturated heterocycles. The third-order valence-corrected chi connectivity index (χ3v) is 5.11. The van der Waals surface area contributed by atoms with Gasteiger partial charge in [0, 0.05) is 6.54 Å². The van der Waals surface area contributed by atoms with Crippen molar-refractivity contribution in [1.82, 2.24) is 15.5 Å². The second-order valence-corrected chi connectivity index (χ2v) is 6.50. The van der Waals surface area contributed by atoms with Crippen molar-refractivity contribution in [2.75, 3.05) is 26.2 Å². The SMILES string of the molecule is O=C(NCc1ccccc1)C1(N2CCCCC2)CCNCC1. The third kappa shape index (κ3) is 3.33. The lowest BCUT2D eigenvalue weighted by Gasteiger charge is -2.46. The molecule has 22 heavy (non-hydrogen) atoms. The van der Waals surface area contributed by atoms with Crippen LogP contribution in [0, 0.1) is 0 Å². The van der Waals surface area contributed by atoms with E-state index in [0.29, 0.717) is 6.54 Å². The van der Waals surface area contributed by atoms with Gasteiger partial charge in [0.05, 0.1) is 0 Å². The van der Waals surface area contributed by atoms with Gasteiger partial charge in [-0.15, -0.1) is 0 Å². The average Bonchev–Trinajstić information content (AvgIpc) is 2.62. The molecule has 2 heterocycles. The first-order chi connectivity index (χ1) is 10.8. The van der Waals surface area contributed by atoms with E-state index in [1.165, 1.54) is 24.8 Å². The molecule has 2 aliphatic rings. The van der Waals surface area contributed by atoms with Crippen molar-refractivity contribution in [1.29, 1.82) is 0 Å². The minimum atomic E-state index is -0.291. The van der Waals surface area contributed by atoms with Crippen molar-refractivity contribution in [2.24, 2.45) is 0 Å². The largest absolute Gasteiger partial charge is 0.350 e. The van der Waals surface area contributed by atoms with E-state index in [9.17, 15) is 4.79 Å². The lowest BCUT2D eigenvalue weighted by atomic mass is 9.83. The van der Waals surface area contributed by atoms with Crippen molar-refractivity contribution in [2.45, 2.75) is 44.2 Å². The van der Waals surface area contributed by atoms with Gasteiger partial charge in [0.25, 0.3) is 0 Å². The highest BCUT2D eigenvalue weighted by Gasteiger charge is 2.44. The van der Waals surface area contributed by atoms with Gasteiger partial charge < -0.3 is 10.6 Å². The molecule has 0 unspecified atom stereocenters. The summed E-state index contributed by atoms with van der Waals surface area (Å²) in [4.78, 5) is 15.5. The summed E-state index contributed by atoms with van der Waals surface area (Å²) >= 11 is 0. The lowest BCUT2D eigenvalue weighted by Crippen LogP contribution is -2.63. The smallest absolute Gasteiger partial charge is 0.240 e. The van der Waals surface area contributed by atoms with Gasteiger partial charge in [-0.3, -0.25) is 9.69 Å². The number of hydrogen-bond acceptors (Lipinski definition) is 3. The molecule has 2 N–H and O–H groups in total. The molecule has 2 fully saturated rings. The third-order valence-electron chi connectivity index (χ3n) is 5.11. The van der Waals surface area contributed by atoms with Crippen molar-refractivity contribution >= 4 is 5.91 Å². The zero-order valence-electron chi connectivity index (χ0n) is 13.3. The lowest BCUT2D eigenvalue weighted by molar-refractivity contribution is -0.136. The predicted octanol–water partition coefficient (Wildman–Crippen LogP) is 1.91. The van der Waals surface area contributed by atoms with Gasteiger partial charge in [0.2, 0.25) is 5.91 Å². The number of carbonyl (C=O) groups is 1. The molecule has 0 bridgehead atoms. The molecule has 0 radical (unpaired) electrons. The molecule has 1 aromatic rings. The van der Waals surface area contributed by atoms with E-state index in [0.717, 1.165) is 39.0 Å². The van der Waals surface area contributed by atoms with Crippen LogP contribution in [0.1, 0.15) is 37.7 Å². The van der Waals surface area contributed by atoms with E-state index in [2.05, 4.69) is 27.7 Å². The molecule has 0 atom stereocenters. The van der Waals surface area contributed by atoms with Crippen LogP contribution in [0.3, 0.4) is 0 Å². The van der Waals surface area contributed by atoms with Crippen molar-refractivity contribution < 1.29 is 4.79 Å². The van der Waals surface area contributed by atoms with Gasteiger partial charge in [-0.25, -0.2) is 0 Å². The maximum Gasteiger partial charge on any atom is 0.240 e.